The van der Waals surface area contributed by atoms with Crippen LogP contribution in [0.25, 0.3) is 0 Å². The number of benzene rings is 1. The molecule has 1 aromatic heterocycles. The number of primary amides is 1. The zero-order valence-corrected chi connectivity index (χ0v) is 21.2. The summed E-state index contributed by atoms with van der Waals surface area (Å²) in [4.78, 5) is 40.1. The van der Waals surface area contributed by atoms with Crippen LogP contribution in [-0.2, 0) is 32.5 Å². The molecule has 2 aliphatic heterocycles. The molecule has 3 amide bonds. The maximum Gasteiger partial charge on any atom is 0.410 e. The lowest BCUT2D eigenvalue weighted by Crippen LogP contribution is -2.43. The minimum absolute atomic E-state index is 0.131. The fourth-order valence-electron chi connectivity index (χ4n) is 4.45. The molecule has 1 fully saturated rings. The van der Waals surface area contributed by atoms with Gasteiger partial charge in [-0.15, -0.1) is 11.3 Å². The van der Waals surface area contributed by atoms with E-state index in [-0.39, 0.29) is 35.2 Å². The molecule has 1 saturated heterocycles. The van der Waals surface area contributed by atoms with E-state index in [2.05, 4.69) is 5.32 Å². The Labute approximate surface area is 208 Å². The number of amides is 3. The Kier molecular flexibility index (Phi) is 7.15. The number of anilines is 1. The molecule has 4 rings (SSSR count). The molecule has 35 heavy (non-hydrogen) atoms. The van der Waals surface area contributed by atoms with Crippen molar-refractivity contribution >= 4 is 44.3 Å². The summed E-state index contributed by atoms with van der Waals surface area (Å²) in [5.41, 5.74) is 7.49. The molecule has 1 atom stereocenters. The summed E-state index contributed by atoms with van der Waals surface area (Å²) in [6, 6.07) is 5.59. The predicted octanol–water partition coefficient (Wildman–Crippen LogP) is 2.46. The molecule has 0 bridgehead atoms. The van der Waals surface area contributed by atoms with Crippen LogP contribution in [0.5, 0.6) is 0 Å². The van der Waals surface area contributed by atoms with Crippen molar-refractivity contribution in [3.05, 3.63) is 45.8 Å². The van der Waals surface area contributed by atoms with Crippen LogP contribution in [0.1, 0.15) is 46.1 Å². The Morgan fingerprint density at radius 2 is 1.91 bits per heavy atom. The van der Waals surface area contributed by atoms with Gasteiger partial charge < -0.3 is 20.7 Å². The standard InChI is InChI=1S/C23H28N4O6S2/c1-3-33-23(30)26-12-10-16-18(13-26)34-22(19(16)20(24)28)25-21(29)17-5-4-11-27(17)35(31,32)15-8-6-14(2)7-9-15/h6-9,17H,3-5,10-13H2,1-2H3,(H2,24,28)(H,25,29). The molecular formula is C23H28N4O6S2. The maximum absolute atomic E-state index is 13.3. The molecule has 0 aliphatic carbocycles. The lowest BCUT2D eigenvalue weighted by atomic mass is 10.0. The highest BCUT2D eigenvalue weighted by atomic mass is 32.2. The highest BCUT2D eigenvalue weighted by Gasteiger charge is 2.40. The van der Waals surface area contributed by atoms with Crippen molar-refractivity contribution in [2.75, 3.05) is 25.0 Å². The Bertz CT molecular complexity index is 1260. The zero-order valence-electron chi connectivity index (χ0n) is 19.6. The van der Waals surface area contributed by atoms with Gasteiger partial charge in [-0.1, -0.05) is 17.7 Å². The number of rotatable bonds is 6. The number of carbonyl (C=O) groups is 3. The highest BCUT2D eigenvalue weighted by molar-refractivity contribution is 7.89. The fourth-order valence-corrected chi connectivity index (χ4v) is 7.38. The normalized spacial score (nSPS) is 18.2. The lowest BCUT2D eigenvalue weighted by molar-refractivity contribution is -0.119. The third kappa shape index (κ3) is 4.91. The summed E-state index contributed by atoms with van der Waals surface area (Å²) in [6.45, 7) is 4.68. The van der Waals surface area contributed by atoms with Gasteiger partial charge in [-0.2, -0.15) is 4.31 Å². The van der Waals surface area contributed by atoms with Gasteiger partial charge in [0.15, 0.2) is 0 Å². The topological polar surface area (TPSA) is 139 Å². The number of nitrogens with one attached hydrogen (secondary N) is 1. The van der Waals surface area contributed by atoms with Crippen molar-refractivity contribution in [3.63, 3.8) is 0 Å². The second-order valence-corrected chi connectivity index (χ2v) is 11.5. The number of sulfonamides is 1. The molecule has 1 aromatic carbocycles. The van der Waals surface area contributed by atoms with E-state index < -0.39 is 34.0 Å². The first-order valence-corrected chi connectivity index (χ1v) is 13.6. The first-order valence-electron chi connectivity index (χ1n) is 11.4. The van der Waals surface area contributed by atoms with E-state index in [1.165, 1.54) is 32.7 Å². The van der Waals surface area contributed by atoms with Crippen LogP contribution in [0.4, 0.5) is 9.80 Å². The van der Waals surface area contributed by atoms with Crippen molar-refractivity contribution < 1.29 is 27.5 Å². The summed E-state index contributed by atoms with van der Waals surface area (Å²) in [5, 5.41) is 3.04. The predicted molar refractivity (Wildman–Crippen MR) is 131 cm³/mol. The second-order valence-electron chi connectivity index (χ2n) is 8.52. The lowest BCUT2D eigenvalue weighted by Gasteiger charge is -2.26. The summed E-state index contributed by atoms with van der Waals surface area (Å²) < 4.78 is 32.7. The average molecular weight is 521 g/mol. The van der Waals surface area contributed by atoms with Crippen molar-refractivity contribution in [1.29, 1.82) is 0 Å². The first-order chi connectivity index (χ1) is 16.6. The summed E-state index contributed by atoms with van der Waals surface area (Å²) in [5.74, 6) is -1.19. The number of aryl methyl sites for hydroxylation is 1. The molecule has 3 N–H and O–H groups in total. The van der Waals surface area contributed by atoms with Crippen LogP contribution in [0, 0.1) is 6.92 Å². The monoisotopic (exact) mass is 520 g/mol. The van der Waals surface area contributed by atoms with E-state index in [0.717, 1.165) is 10.4 Å². The zero-order chi connectivity index (χ0) is 25.3. The smallest absolute Gasteiger partial charge is 0.410 e. The van der Waals surface area contributed by atoms with E-state index in [4.69, 9.17) is 10.5 Å². The van der Waals surface area contributed by atoms with Gasteiger partial charge in [0, 0.05) is 18.0 Å². The van der Waals surface area contributed by atoms with Crippen molar-refractivity contribution in [2.45, 2.75) is 50.6 Å². The first kappa shape index (κ1) is 25.1. The van der Waals surface area contributed by atoms with Crippen molar-refractivity contribution in [2.24, 2.45) is 5.73 Å². The number of hydrogen-bond acceptors (Lipinski definition) is 7. The number of fused-ring (bicyclic) bond motifs is 1. The molecule has 188 valence electrons. The Morgan fingerprint density at radius 1 is 1.20 bits per heavy atom. The van der Waals surface area contributed by atoms with E-state index in [0.29, 0.717) is 31.4 Å². The third-order valence-corrected chi connectivity index (χ3v) is 9.25. The summed E-state index contributed by atoms with van der Waals surface area (Å²) in [7, 11) is -3.87. The van der Waals surface area contributed by atoms with Gasteiger partial charge in [0.25, 0.3) is 5.91 Å². The Morgan fingerprint density at radius 3 is 2.57 bits per heavy atom. The van der Waals surface area contributed by atoms with Crippen LogP contribution in [-0.4, -0.2) is 61.3 Å². The van der Waals surface area contributed by atoms with Crippen molar-refractivity contribution in [1.82, 2.24) is 9.21 Å². The van der Waals surface area contributed by atoms with Crippen LogP contribution in [0.2, 0.25) is 0 Å². The summed E-state index contributed by atoms with van der Waals surface area (Å²) in [6.07, 6.45) is 0.864. The molecule has 0 spiro atoms. The molecule has 2 aromatic rings. The number of ether oxygens (including phenoxy) is 1. The van der Waals surface area contributed by atoms with Gasteiger partial charge in [-0.3, -0.25) is 9.59 Å². The van der Waals surface area contributed by atoms with Gasteiger partial charge in [0.2, 0.25) is 15.9 Å². The van der Waals surface area contributed by atoms with E-state index in [1.54, 1.807) is 19.1 Å². The molecular weight excluding hydrogens is 492 g/mol. The molecule has 0 saturated carbocycles. The minimum Gasteiger partial charge on any atom is -0.450 e. The second kappa shape index (κ2) is 9.96. The van der Waals surface area contributed by atoms with Crippen LogP contribution in [0.15, 0.2) is 29.2 Å². The van der Waals surface area contributed by atoms with Gasteiger partial charge in [0.05, 0.1) is 23.6 Å². The Balaban J connectivity index is 1.57. The highest BCUT2D eigenvalue weighted by Crippen LogP contribution is 2.38. The number of hydrogen-bond donors (Lipinski definition) is 2. The fraction of sp³-hybridized carbons (Fsp3) is 0.435. The van der Waals surface area contributed by atoms with Crippen LogP contribution < -0.4 is 11.1 Å². The SMILES string of the molecule is CCOC(=O)N1CCc2c(sc(NC(=O)C3CCCN3S(=O)(=O)c3ccc(C)cc3)c2C(N)=O)C1. The molecule has 1 unspecified atom stereocenters. The van der Waals surface area contributed by atoms with Gasteiger partial charge in [0.1, 0.15) is 11.0 Å². The number of carbonyl (C=O) groups excluding carboxylic acids is 3. The molecule has 10 nitrogen and oxygen atoms in total. The number of nitrogens with two attached hydrogens (primary N) is 1. The van der Waals surface area contributed by atoms with Gasteiger partial charge in [-0.25, -0.2) is 13.2 Å². The van der Waals surface area contributed by atoms with Crippen LogP contribution >= 0.6 is 11.3 Å². The molecule has 3 heterocycles. The number of thiophene rings is 1. The molecule has 12 heteroatoms. The van der Waals surface area contributed by atoms with Crippen molar-refractivity contribution in [3.8, 4) is 0 Å². The molecule has 2 aliphatic rings. The maximum atomic E-state index is 13.3. The summed E-state index contributed by atoms with van der Waals surface area (Å²) >= 11 is 1.17. The van der Waals surface area contributed by atoms with E-state index >= 15 is 0 Å². The quantitative estimate of drug-likeness (QED) is 0.600. The van der Waals surface area contributed by atoms with Gasteiger partial charge >= 0.3 is 6.09 Å². The number of nitrogens with zero attached hydrogens (tertiary/aromatic N) is 2. The van der Waals surface area contributed by atoms with Crippen LogP contribution in [0.3, 0.4) is 0 Å². The molecule has 0 radical (unpaired) electrons. The average Bonchev–Trinajstić information content (AvgIpc) is 3.44. The minimum atomic E-state index is -3.87. The Hall–Kier alpha value is -2.96. The van der Waals surface area contributed by atoms with E-state index in [1.807, 2.05) is 6.92 Å². The third-order valence-electron chi connectivity index (χ3n) is 6.20. The largest absolute Gasteiger partial charge is 0.450 e. The van der Waals surface area contributed by atoms with Gasteiger partial charge in [-0.05, 0) is 50.8 Å². The van der Waals surface area contributed by atoms with E-state index in [9.17, 15) is 22.8 Å².